The summed E-state index contributed by atoms with van der Waals surface area (Å²) in [6, 6.07) is 10.9. The molecule has 0 aliphatic carbocycles. The fourth-order valence-electron chi connectivity index (χ4n) is 2.17. The van der Waals surface area contributed by atoms with Gasteiger partial charge in [-0.15, -0.1) is 0 Å². The van der Waals surface area contributed by atoms with Crippen LogP contribution in [0, 0.1) is 12.7 Å². The van der Waals surface area contributed by atoms with Gasteiger partial charge in [0.25, 0.3) is 0 Å². The summed E-state index contributed by atoms with van der Waals surface area (Å²) in [4.78, 5) is 0.0824. The van der Waals surface area contributed by atoms with Gasteiger partial charge in [-0.2, -0.15) is 0 Å². The Balaban J connectivity index is 2.32. The number of halogens is 1. The van der Waals surface area contributed by atoms with Crippen LogP contribution in [0.1, 0.15) is 24.1 Å². The number of primary sulfonamides is 1. The summed E-state index contributed by atoms with van der Waals surface area (Å²) in [5, 5.41) is 8.36. The minimum Gasteiger partial charge on any atom is -0.378 e. The fraction of sp³-hybridized carbons (Fsp3) is 0.200. The molecule has 2 rings (SSSR count). The molecule has 0 aliphatic rings. The zero-order valence-electron chi connectivity index (χ0n) is 11.8. The van der Waals surface area contributed by atoms with Crippen LogP contribution in [-0.2, 0) is 10.0 Å². The summed E-state index contributed by atoms with van der Waals surface area (Å²) in [6.45, 7) is 3.55. The lowest BCUT2D eigenvalue weighted by molar-refractivity contribution is 0.597. The first kappa shape index (κ1) is 15.5. The molecule has 2 aromatic carbocycles. The lowest BCUT2D eigenvalue weighted by atomic mass is 10.1. The highest BCUT2D eigenvalue weighted by molar-refractivity contribution is 7.89. The maximum Gasteiger partial charge on any atom is 0.238 e. The Labute approximate surface area is 123 Å². The molecule has 1 atom stereocenters. The molecule has 6 heteroatoms. The van der Waals surface area contributed by atoms with E-state index in [4.69, 9.17) is 5.14 Å². The Morgan fingerprint density at radius 3 is 2.48 bits per heavy atom. The van der Waals surface area contributed by atoms with E-state index in [1.54, 1.807) is 31.2 Å². The number of rotatable bonds is 4. The van der Waals surface area contributed by atoms with Gasteiger partial charge < -0.3 is 5.32 Å². The molecule has 2 aromatic rings. The Morgan fingerprint density at radius 1 is 1.19 bits per heavy atom. The molecule has 0 fully saturated rings. The van der Waals surface area contributed by atoms with Crippen molar-refractivity contribution in [3.63, 3.8) is 0 Å². The van der Waals surface area contributed by atoms with Crippen molar-refractivity contribution in [3.05, 3.63) is 59.4 Å². The predicted octanol–water partition coefficient (Wildman–Crippen LogP) is 2.95. The Hall–Kier alpha value is -1.92. The van der Waals surface area contributed by atoms with E-state index in [0.29, 0.717) is 11.3 Å². The molecule has 1 unspecified atom stereocenters. The molecule has 0 heterocycles. The molecular formula is C15H17FN2O2S. The van der Waals surface area contributed by atoms with Crippen LogP contribution < -0.4 is 10.5 Å². The Kier molecular flexibility index (Phi) is 4.29. The molecule has 0 amide bonds. The first-order chi connectivity index (χ1) is 9.79. The van der Waals surface area contributed by atoms with Gasteiger partial charge in [0.05, 0.1) is 4.90 Å². The lowest BCUT2D eigenvalue weighted by Gasteiger charge is -2.18. The Morgan fingerprint density at radius 2 is 1.86 bits per heavy atom. The molecule has 0 radical (unpaired) electrons. The van der Waals surface area contributed by atoms with Crippen LogP contribution in [0.15, 0.2) is 47.4 Å². The highest BCUT2D eigenvalue weighted by Crippen LogP contribution is 2.26. The fourth-order valence-corrected chi connectivity index (χ4v) is 2.98. The smallest absolute Gasteiger partial charge is 0.238 e. The van der Waals surface area contributed by atoms with Crippen LogP contribution in [0.2, 0.25) is 0 Å². The van der Waals surface area contributed by atoms with E-state index in [-0.39, 0.29) is 16.8 Å². The summed E-state index contributed by atoms with van der Waals surface area (Å²) >= 11 is 0. The van der Waals surface area contributed by atoms with Crippen LogP contribution in [0.3, 0.4) is 0 Å². The lowest BCUT2D eigenvalue weighted by Crippen LogP contribution is -2.15. The normalized spacial score (nSPS) is 13.0. The second-order valence-corrected chi connectivity index (χ2v) is 6.42. The minimum atomic E-state index is -3.76. The number of hydrogen-bond donors (Lipinski definition) is 2. The largest absolute Gasteiger partial charge is 0.378 e. The first-order valence-electron chi connectivity index (χ1n) is 6.43. The van der Waals surface area contributed by atoms with Crippen molar-refractivity contribution in [1.29, 1.82) is 0 Å². The van der Waals surface area contributed by atoms with Gasteiger partial charge in [-0.05, 0) is 49.2 Å². The van der Waals surface area contributed by atoms with Gasteiger partial charge >= 0.3 is 0 Å². The molecule has 21 heavy (non-hydrogen) atoms. The van der Waals surface area contributed by atoms with Crippen molar-refractivity contribution in [2.75, 3.05) is 5.32 Å². The SMILES string of the molecule is Cc1c(NC(C)c2cccc(F)c2)cccc1S(N)(=O)=O. The zero-order chi connectivity index (χ0) is 15.6. The topological polar surface area (TPSA) is 72.2 Å². The van der Waals surface area contributed by atoms with Crippen molar-refractivity contribution in [2.24, 2.45) is 5.14 Å². The number of hydrogen-bond acceptors (Lipinski definition) is 3. The first-order valence-corrected chi connectivity index (χ1v) is 7.98. The van der Waals surface area contributed by atoms with Gasteiger partial charge in [-0.3, -0.25) is 0 Å². The van der Waals surface area contributed by atoms with Crippen LogP contribution in [0.4, 0.5) is 10.1 Å². The minimum absolute atomic E-state index is 0.0824. The Bertz CT molecular complexity index is 760. The molecule has 4 nitrogen and oxygen atoms in total. The number of nitrogens with two attached hydrogens (primary N) is 1. The van der Waals surface area contributed by atoms with Crippen molar-refractivity contribution in [1.82, 2.24) is 0 Å². The van der Waals surface area contributed by atoms with Gasteiger partial charge in [0.15, 0.2) is 0 Å². The van der Waals surface area contributed by atoms with E-state index in [1.807, 2.05) is 6.92 Å². The number of benzene rings is 2. The molecule has 0 bridgehead atoms. The third-order valence-electron chi connectivity index (χ3n) is 3.31. The highest BCUT2D eigenvalue weighted by Gasteiger charge is 2.15. The van der Waals surface area contributed by atoms with E-state index in [9.17, 15) is 12.8 Å². The van der Waals surface area contributed by atoms with Crippen molar-refractivity contribution >= 4 is 15.7 Å². The maximum absolute atomic E-state index is 13.2. The zero-order valence-corrected chi connectivity index (χ0v) is 12.6. The van der Waals surface area contributed by atoms with E-state index < -0.39 is 10.0 Å². The van der Waals surface area contributed by atoms with Crippen LogP contribution in [-0.4, -0.2) is 8.42 Å². The summed E-state index contributed by atoms with van der Waals surface area (Å²) < 4.78 is 36.3. The molecule has 0 aliphatic heterocycles. The quantitative estimate of drug-likeness (QED) is 0.912. The highest BCUT2D eigenvalue weighted by atomic mass is 32.2. The van der Waals surface area contributed by atoms with Crippen LogP contribution in [0.5, 0.6) is 0 Å². The third-order valence-corrected chi connectivity index (χ3v) is 4.37. The van der Waals surface area contributed by atoms with E-state index in [0.717, 1.165) is 5.56 Å². The monoisotopic (exact) mass is 308 g/mol. The van der Waals surface area contributed by atoms with Crippen molar-refractivity contribution in [3.8, 4) is 0 Å². The molecule has 3 N–H and O–H groups in total. The van der Waals surface area contributed by atoms with E-state index >= 15 is 0 Å². The van der Waals surface area contributed by atoms with E-state index in [1.165, 1.54) is 18.2 Å². The van der Waals surface area contributed by atoms with Crippen molar-refractivity contribution < 1.29 is 12.8 Å². The van der Waals surface area contributed by atoms with Crippen LogP contribution in [0.25, 0.3) is 0 Å². The van der Waals surface area contributed by atoms with E-state index in [2.05, 4.69) is 5.32 Å². The standard InChI is InChI=1S/C15H17FN2O2S/c1-10-14(7-4-8-15(10)21(17,19)20)18-11(2)12-5-3-6-13(16)9-12/h3-9,11,18H,1-2H3,(H2,17,19,20). The summed E-state index contributed by atoms with van der Waals surface area (Å²) in [5.74, 6) is -0.309. The second kappa shape index (κ2) is 5.83. The predicted molar refractivity (Wildman–Crippen MR) is 81.0 cm³/mol. The third kappa shape index (κ3) is 3.59. The average Bonchev–Trinajstić information content (AvgIpc) is 2.39. The number of sulfonamides is 1. The van der Waals surface area contributed by atoms with Gasteiger partial charge in [0.1, 0.15) is 5.82 Å². The molecule has 112 valence electrons. The van der Waals surface area contributed by atoms with Crippen molar-refractivity contribution in [2.45, 2.75) is 24.8 Å². The summed E-state index contributed by atoms with van der Waals surface area (Å²) in [7, 11) is -3.76. The average molecular weight is 308 g/mol. The molecule has 0 spiro atoms. The molecule has 0 saturated heterocycles. The van der Waals surface area contributed by atoms with Gasteiger partial charge in [0, 0.05) is 11.7 Å². The molecule has 0 saturated carbocycles. The summed E-state index contributed by atoms with van der Waals surface area (Å²) in [5.41, 5.74) is 1.97. The molecule has 0 aromatic heterocycles. The number of nitrogens with one attached hydrogen (secondary N) is 1. The summed E-state index contributed by atoms with van der Waals surface area (Å²) in [6.07, 6.45) is 0. The van der Waals surface area contributed by atoms with Gasteiger partial charge in [-0.1, -0.05) is 18.2 Å². The van der Waals surface area contributed by atoms with Gasteiger partial charge in [-0.25, -0.2) is 17.9 Å². The van der Waals surface area contributed by atoms with Crippen LogP contribution >= 0.6 is 0 Å². The number of anilines is 1. The second-order valence-electron chi connectivity index (χ2n) is 4.89. The molecular weight excluding hydrogens is 291 g/mol. The van der Waals surface area contributed by atoms with Gasteiger partial charge in [0.2, 0.25) is 10.0 Å². The maximum atomic E-state index is 13.2.